The van der Waals surface area contributed by atoms with Crippen LogP contribution in [0.25, 0.3) is 11.3 Å². The maximum Gasteiger partial charge on any atom is 0.273 e. The lowest BCUT2D eigenvalue weighted by atomic mass is 9.96. The van der Waals surface area contributed by atoms with Crippen LogP contribution in [0.5, 0.6) is 5.75 Å². The fourth-order valence-electron chi connectivity index (χ4n) is 3.87. The number of fused-ring (bicyclic) bond motifs is 1. The number of rotatable bonds is 4. The average molecular weight is 382 g/mol. The van der Waals surface area contributed by atoms with E-state index in [1.807, 2.05) is 59.5 Å². The SMILES string of the molecule is O=C1c2[nH]nc(-c3ccccc3)c2C(c2ccc(O)cc2)N1Cc1cccnc1. The highest BCUT2D eigenvalue weighted by atomic mass is 16.3. The Kier molecular flexibility index (Phi) is 4.09. The Labute approximate surface area is 167 Å². The predicted molar refractivity (Wildman–Crippen MR) is 108 cm³/mol. The number of phenolic OH excluding ortho intramolecular Hbond substituents is 1. The van der Waals surface area contributed by atoms with Crippen LogP contribution >= 0.6 is 0 Å². The molecule has 1 amide bonds. The van der Waals surface area contributed by atoms with Crippen LogP contribution in [0.1, 0.15) is 33.2 Å². The van der Waals surface area contributed by atoms with Gasteiger partial charge in [-0.3, -0.25) is 14.9 Å². The minimum absolute atomic E-state index is 0.100. The summed E-state index contributed by atoms with van der Waals surface area (Å²) in [7, 11) is 0. The number of aromatic nitrogens is 3. The Bertz CT molecular complexity index is 1150. The molecule has 2 N–H and O–H groups in total. The summed E-state index contributed by atoms with van der Waals surface area (Å²) in [5.41, 5.74) is 4.94. The van der Waals surface area contributed by atoms with E-state index in [4.69, 9.17) is 0 Å². The Morgan fingerprint density at radius 2 is 1.79 bits per heavy atom. The maximum atomic E-state index is 13.3. The Balaban J connectivity index is 1.65. The number of pyridine rings is 1. The van der Waals surface area contributed by atoms with Gasteiger partial charge in [0.1, 0.15) is 11.4 Å². The molecule has 1 aliphatic rings. The molecule has 0 fully saturated rings. The van der Waals surface area contributed by atoms with E-state index in [0.29, 0.717) is 12.2 Å². The second-order valence-electron chi connectivity index (χ2n) is 7.02. The first-order chi connectivity index (χ1) is 14.2. The summed E-state index contributed by atoms with van der Waals surface area (Å²) < 4.78 is 0. The lowest BCUT2D eigenvalue weighted by Gasteiger charge is -2.26. The Morgan fingerprint density at radius 1 is 1.00 bits per heavy atom. The van der Waals surface area contributed by atoms with E-state index in [2.05, 4.69) is 15.2 Å². The molecule has 142 valence electrons. The first kappa shape index (κ1) is 17.2. The van der Waals surface area contributed by atoms with Crippen molar-refractivity contribution in [3.05, 3.63) is 102 Å². The Hall–Kier alpha value is -3.93. The monoisotopic (exact) mass is 382 g/mol. The standard InChI is InChI=1S/C23H18N4O2/c28-18-10-8-17(9-11-18)22-19-20(16-6-2-1-3-7-16)25-26-21(19)23(29)27(22)14-15-5-4-12-24-13-15/h1-13,22,28H,14H2,(H,25,26). The van der Waals surface area contributed by atoms with Crippen LogP contribution < -0.4 is 0 Å². The van der Waals surface area contributed by atoms with E-state index >= 15 is 0 Å². The number of phenols is 1. The molecule has 0 radical (unpaired) electrons. The smallest absolute Gasteiger partial charge is 0.273 e. The van der Waals surface area contributed by atoms with Gasteiger partial charge in [0.25, 0.3) is 5.91 Å². The molecular formula is C23H18N4O2. The van der Waals surface area contributed by atoms with Gasteiger partial charge in [0, 0.05) is 30.1 Å². The number of nitrogens with one attached hydrogen (secondary N) is 1. The molecule has 5 rings (SSSR count). The number of amides is 1. The number of H-pyrrole nitrogens is 1. The van der Waals surface area contributed by atoms with Gasteiger partial charge >= 0.3 is 0 Å². The van der Waals surface area contributed by atoms with E-state index < -0.39 is 0 Å². The van der Waals surface area contributed by atoms with Crippen LogP contribution in [0.15, 0.2) is 79.1 Å². The van der Waals surface area contributed by atoms with E-state index in [9.17, 15) is 9.90 Å². The predicted octanol–water partition coefficient (Wildman–Crippen LogP) is 3.92. The van der Waals surface area contributed by atoms with Gasteiger partial charge in [-0.15, -0.1) is 0 Å². The van der Waals surface area contributed by atoms with Crippen molar-refractivity contribution >= 4 is 5.91 Å². The summed E-state index contributed by atoms with van der Waals surface area (Å²) in [6.45, 7) is 0.426. The number of carbonyl (C=O) groups is 1. The van der Waals surface area contributed by atoms with E-state index in [0.717, 1.165) is 27.9 Å². The molecule has 29 heavy (non-hydrogen) atoms. The minimum Gasteiger partial charge on any atom is -0.508 e. The fraction of sp³-hybridized carbons (Fsp3) is 0.0870. The highest BCUT2D eigenvalue weighted by molar-refractivity contribution is 6.00. The zero-order chi connectivity index (χ0) is 19.8. The highest BCUT2D eigenvalue weighted by Gasteiger charge is 2.42. The zero-order valence-corrected chi connectivity index (χ0v) is 15.5. The van der Waals surface area contributed by atoms with Crippen LogP contribution in [0.4, 0.5) is 0 Å². The molecular weight excluding hydrogens is 364 g/mol. The number of hydrogen-bond acceptors (Lipinski definition) is 4. The third kappa shape index (κ3) is 2.95. The third-order valence-corrected chi connectivity index (χ3v) is 5.20. The lowest BCUT2D eigenvalue weighted by Crippen LogP contribution is -2.29. The molecule has 0 spiro atoms. The second kappa shape index (κ2) is 6.91. The summed E-state index contributed by atoms with van der Waals surface area (Å²) in [5, 5.41) is 17.1. The normalized spacial score (nSPS) is 15.5. The molecule has 1 unspecified atom stereocenters. The molecule has 2 aromatic carbocycles. The number of hydrogen-bond donors (Lipinski definition) is 2. The quantitative estimate of drug-likeness (QED) is 0.560. The van der Waals surface area contributed by atoms with Crippen molar-refractivity contribution in [2.75, 3.05) is 0 Å². The van der Waals surface area contributed by atoms with Crippen molar-refractivity contribution < 1.29 is 9.90 Å². The van der Waals surface area contributed by atoms with Gasteiger partial charge < -0.3 is 10.0 Å². The number of benzene rings is 2. The van der Waals surface area contributed by atoms with Gasteiger partial charge in [0.2, 0.25) is 0 Å². The minimum atomic E-state index is -0.313. The number of nitrogens with zero attached hydrogens (tertiary/aromatic N) is 3. The van der Waals surface area contributed by atoms with E-state index in [1.54, 1.807) is 24.5 Å². The molecule has 3 heterocycles. The second-order valence-corrected chi connectivity index (χ2v) is 7.02. The van der Waals surface area contributed by atoms with Gasteiger partial charge in [-0.2, -0.15) is 5.10 Å². The van der Waals surface area contributed by atoms with Gasteiger partial charge in [0.15, 0.2) is 0 Å². The molecule has 4 aromatic rings. The number of aromatic amines is 1. The summed E-state index contributed by atoms with van der Waals surface area (Å²) in [6, 6.07) is 20.3. The van der Waals surface area contributed by atoms with Crippen LogP contribution in [0.3, 0.4) is 0 Å². The molecule has 1 atom stereocenters. The van der Waals surface area contributed by atoms with Crippen LogP contribution in [0.2, 0.25) is 0 Å². The van der Waals surface area contributed by atoms with Gasteiger partial charge in [-0.1, -0.05) is 48.5 Å². The maximum absolute atomic E-state index is 13.3. The number of aromatic hydroxyl groups is 1. The molecule has 1 aliphatic heterocycles. The van der Waals surface area contributed by atoms with Crippen LogP contribution in [-0.2, 0) is 6.54 Å². The highest BCUT2D eigenvalue weighted by Crippen LogP contribution is 2.43. The largest absolute Gasteiger partial charge is 0.508 e. The summed E-state index contributed by atoms with van der Waals surface area (Å²) in [4.78, 5) is 19.3. The van der Waals surface area contributed by atoms with Crippen molar-refractivity contribution in [1.82, 2.24) is 20.1 Å². The van der Waals surface area contributed by atoms with Gasteiger partial charge in [-0.25, -0.2) is 0 Å². The van der Waals surface area contributed by atoms with Crippen molar-refractivity contribution in [3.63, 3.8) is 0 Å². The first-order valence-corrected chi connectivity index (χ1v) is 9.35. The Morgan fingerprint density at radius 3 is 2.52 bits per heavy atom. The van der Waals surface area contributed by atoms with E-state index in [-0.39, 0.29) is 17.7 Å². The zero-order valence-electron chi connectivity index (χ0n) is 15.5. The van der Waals surface area contributed by atoms with Crippen molar-refractivity contribution in [1.29, 1.82) is 0 Å². The topological polar surface area (TPSA) is 82.1 Å². The molecule has 6 heteroatoms. The summed E-state index contributed by atoms with van der Waals surface area (Å²) >= 11 is 0. The molecule has 0 saturated heterocycles. The van der Waals surface area contributed by atoms with E-state index in [1.165, 1.54) is 0 Å². The number of carbonyl (C=O) groups excluding carboxylic acids is 1. The molecule has 6 nitrogen and oxygen atoms in total. The lowest BCUT2D eigenvalue weighted by molar-refractivity contribution is 0.0730. The van der Waals surface area contributed by atoms with Crippen LogP contribution in [-0.4, -0.2) is 31.1 Å². The molecule has 2 aromatic heterocycles. The van der Waals surface area contributed by atoms with Gasteiger partial charge in [-0.05, 0) is 29.3 Å². The van der Waals surface area contributed by atoms with Crippen LogP contribution in [0, 0.1) is 0 Å². The summed E-state index contributed by atoms with van der Waals surface area (Å²) in [5.74, 6) is 0.0872. The van der Waals surface area contributed by atoms with Crippen molar-refractivity contribution in [3.8, 4) is 17.0 Å². The fourth-order valence-corrected chi connectivity index (χ4v) is 3.87. The molecule has 0 aliphatic carbocycles. The van der Waals surface area contributed by atoms with Crippen molar-refractivity contribution in [2.24, 2.45) is 0 Å². The summed E-state index contributed by atoms with van der Waals surface area (Å²) in [6.07, 6.45) is 3.48. The molecule has 0 bridgehead atoms. The van der Waals surface area contributed by atoms with Gasteiger partial charge in [0.05, 0.1) is 11.7 Å². The molecule has 0 saturated carbocycles. The first-order valence-electron chi connectivity index (χ1n) is 9.35. The third-order valence-electron chi connectivity index (χ3n) is 5.20. The van der Waals surface area contributed by atoms with Crippen molar-refractivity contribution in [2.45, 2.75) is 12.6 Å². The average Bonchev–Trinajstić information content (AvgIpc) is 3.30.